The van der Waals surface area contributed by atoms with Gasteiger partial charge in [-0.1, -0.05) is 6.07 Å². The highest BCUT2D eigenvalue weighted by molar-refractivity contribution is 7.90. The zero-order chi connectivity index (χ0) is 17.9. The van der Waals surface area contributed by atoms with E-state index in [9.17, 15) is 8.42 Å². The fourth-order valence-electron chi connectivity index (χ4n) is 2.87. The summed E-state index contributed by atoms with van der Waals surface area (Å²) in [6, 6.07) is 5.36. The summed E-state index contributed by atoms with van der Waals surface area (Å²) >= 11 is 0. The molecule has 0 fully saturated rings. The Balaban J connectivity index is 1.78. The van der Waals surface area contributed by atoms with Gasteiger partial charge in [-0.05, 0) is 36.1 Å². The Morgan fingerprint density at radius 2 is 1.96 bits per heavy atom. The summed E-state index contributed by atoms with van der Waals surface area (Å²) in [6.45, 7) is 1.59. The van der Waals surface area contributed by atoms with E-state index in [0.29, 0.717) is 16.6 Å². The largest absolute Gasteiger partial charge is 0.474 e. The van der Waals surface area contributed by atoms with E-state index >= 15 is 0 Å². The number of anilines is 1. The molecule has 3 rings (SSSR count). The second kappa shape index (κ2) is 7.37. The highest BCUT2D eigenvalue weighted by Crippen LogP contribution is 2.23. The van der Waals surface area contributed by atoms with Gasteiger partial charge in [-0.25, -0.2) is 8.42 Å². The van der Waals surface area contributed by atoms with Crippen LogP contribution in [0.15, 0.2) is 35.5 Å². The Morgan fingerprint density at radius 3 is 2.68 bits per heavy atom. The highest BCUT2D eigenvalue weighted by atomic mass is 32.2. The molecule has 2 heterocycles. The van der Waals surface area contributed by atoms with Crippen molar-refractivity contribution >= 4 is 15.7 Å². The second-order valence-electron chi connectivity index (χ2n) is 5.98. The lowest BCUT2D eigenvalue weighted by Gasteiger charge is -2.21. The summed E-state index contributed by atoms with van der Waals surface area (Å²) in [7, 11) is -3.20. The lowest BCUT2D eigenvalue weighted by molar-refractivity contribution is 0.196. The Labute approximate surface area is 147 Å². The van der Waals surface area contributed by atoms with Crippen LogP contribution in [-0.2, 0) is 22.7 Å². The van der Waals surface area contributed by atoms with E-state index < -0.39 is 9.84 Å². The van der Waals surface area contributed by atoms with E-state index in [2.05, 4.69) is 14.9 Å². The fraction of sp³-hybridized carbons (Fsp3) is 0.412. The van der Waals surface area contributed by atoms with Crippen LogP contribution >= 0.6 is 0 Å². The molecule has 25 heavy (non-hydrogen) atoms. The summed E-state index contributed by atoms with van der Waals surface area (Å²) in [5, 5.41) is 8.84. The van der Waals surface area contributed by atoms with Gasteiger partial charge >= 0.3 is 0 Å². The molecule has 0 saturated heterocycles. The van der Waals surface area contributed by atoms with Crippen LogP contribution in [-0.4, -0.2) is 56.1 Å². The molecule has 7 nitrogen and oxygen atoms in total. The normalized spacial score (nSPS) is 14.7. The zero-order valence-electron chi connectivity index (χ0n) is 14.1. The van der Waals surface area contributed by atoms with Crippen molar-refractivity contribution in [3.8, 4) is 5.88 Å². The maximum absolute atomic E-state index is 11.8. The molecule has 0 bridgehead atoms. The molecule has 1 aromatic heterocycles. The highest BCUT2D eigenvalue weighted by Gasteiger charge is 2.18. The first kappa shape index (κ1) is 17.6. The third-order valence-electron chi connectivity index (χ3n) is 4.17. The van der Waals surface area contributed by atoms with Gasteiger partial charge < -0.3 is 14.7 Å². The molecule has 1 aliphatic rings. The Hall–Kier alpha value is -2.19. The van der Waals surface area contributed by atoms with Gasteiger partial charge in [-0.2, -0.15) is 4.98 Å². The van der Waals surface area contributed by atoms with Crippen molar-refractivity contribution in [1.82, 2.24) is 9.97 Å². The molecule has 0 aliphatic carbocycles. The predicted molar refractivity (Wildman–Crippen MR) is 93.8 cm³/mol. The standard InChI is InChI=1S/C17H21N3O4S/c1-25(22,23)15-3-2-13-4-6-20(7-5-14(13)10-15)16-11-18-12-17(19-16)24-9-8-21/h2-3,10-12,21H,4-9H2,1H3. The van der Waals surface area contributed by atoms with Crippen molar-refractivity contribution in [3.05, 3.63) is 41.7 Å². The van der Waals surface area contributed by atoms with Gasteiger partial charge in [0.05, 0.1) is 23.9 Å². The predicted octanol–water partition coefficient (Wildman–Crippen LogP) is 0.856. The quantitative estimate of drug-likeness (QED) is 0.842. The van der Waals surface area contributed by atoms with Crippen LogP contribution < -0.4 is 9.64 Å². The maximum Gasteiger partial charge on any atom is 0.234 e. The van der Waals surface area contributed by atoms with Crippen molar-refractivity contribution in [2.45, 2.75) is 17.7 Å². The number of benzene rings is 1. The van der Waals surface area contributed by atoms with Crippen LogP contribution in [0.5, 0.6) is 5.88 Å². The van der Waals surface area contributed by atoms with E-state index in [1.165, 1.54) is 12.5 Å². The average molecular weight is 363 g/mol. The first-order chi connectivity index (χ1) is 12.0. The van der Waals surface area contributed by atoms with Crippen molar-refractivity contribution in [3.63, 3.8) is 0 Å². The summed E-state index contributed by atoms with van der Waals surface area (Å²) in [5.41, 5.74) is 2.22. The second-order valence-corrected chi connectivity index (χ2v) is 7.99. The molecule has 1 aromatic carbocycles. The van der Waals surface area contributed by atoms with E-state index in [0.717, 1.165) is 37.1 Å². The number of sulfone groups is 1. The van der Waals surface area contributed by atoms with Gasteiger partial charge in [-0.3, -0.25) is 4.98 Å². The summed E-state index contributed by atoms with van der Waals surface area (Å²) in [5.74, 6) is 1.10. The Bertz CT molecular complexity index is 855. The molecule has 0 amide bonds. The minimum Gasteiger partial charge on any atom is -0.474 e. The van der Waals surface area contributed by atoms with E-state index in [1.54, 1.807) is 18.3 Å². The maximum atomic E-state index is 11.8. The lowest BCUT2D eigenvalue weighted by Crippen LogP contribution is -2.27. The molecule has 0 atom stereocenters. The number of hydrogen-bond acceptors (Lipinski definition) is 7. The average Bonchev–Trinajstić information content (AvgIpc) is 2.81. The molecule has 2 aromatic rings. The Kier molecular flexibility index (Phi) is 5.19. The number of aliphatic hydroxyl groups is 1. The van der Waals surface area contributed by atoms with Crippen molar-refractivity contribution in [2.75, 3.05) is 37.5 Å². The minimum atomic E-state index is -3.20. The molecule has 1 aliphatic heterocycles. The number of rotatable bonds is 5. The van der Waals surface area contributed by atoms with Crippen LogP contribution in [0.1, 0.15) is 11.1 Å². The number of fused-ring (bicyclic) bond motifs is 1. The molecule has 134 valence electrons. The summed E-state index contributed by atoms with van der Waals surface area (Å²) in [6.07, 6.45) is 5.98. The molecule has 0 radical (unpaired) electrons. The molecular weight excluding hydrogens is 342 g/mol. The number of ether oxygens (including phenoxy) is 1. The van der Waals surface area contributed by atoms with Crippen LogP contribution in [0.3, 0.4) is 0 Å². The number of hydrogen-bond donors (Lipinski definition) is 1. The molecule has 1 N–H and O–H groups in total. The minimum absolute atomic E-state index is 0.0758. The van der Waals surface area contributed by atoms with Crippen molar-refractivity contribution < 1.29 is 18.3 Å². The number of aromatic nitrogens is 2. The van der Waals surface area contributed by atoms with Crippen LogP contribution in [0, 0.1) is 0 Å². The van der Waals surface area contributed by atoms with Crippen molar-refractivity contribution in [1.29, 1.82) is 0 Å². The smallest absolute Gasteiger partial charge is 0.234 e. The van der Waals surface area contributed by atoms with Crippen LogP contribution in [0.25, 0.3) is 0 Å². The first-order valence-corrected chi connectivity index (χ1v) is 9.99. The molecule has 0 spiro atoms. The molecule has 8 heteroatoms. The van der Waals surface area contributed by atoms with Gasteiger partial charge in [0.25, 0.3) is 0 Å². The molecule has 0 unspecified atom stereocenters. The summed E-state index contributed by atoms with van der Waals surface area (Å²) in [4.78, 5) is 11.0. The summed E-state index contributed by atoms with van der Waals surface area (Å²) < 4.78 is 28.8. The number of aliphatic hydroxyl groups excluding tert-OH is 1. The fourth-order valence-corrected chi connectivity index (χ4v) is 3.54. The third-order valence-corrected chi connectivity index (χ3v) is 5.28. The van der Waals surface area contributed by atoms with Crippen molar-refractivity contribution in [2.24, 2.45) is 0 Å². The molecule has 0 saturated carbocycles. The Morgan fingerprint density at radius 1 is 1.20 bits per heavy atom. The number of nitrogens with zero attached hydrogens (tertiary/aromatic N) is 3. The van der Waals surface area contributed by atoms with E-state index in [4.69, 9.17) is 9.84 Å². The van der Waals surface area contributed by atoms with E-state index in [1.807, 2.05) is 6.07 Å². The molecular formula is C17H21N3O4S. The first-order valence-electron chi connectivity index (χ1n) is 8.10. The van der Waals surface area contributed by atoms with Gasteiger partial charge in [0, 0.05) is 19.3 Å². The van der Waals surface area contributed by atoms with Gasteiger partial charge in [0.15, 0.2) is 15.7 Å². The van der Waals surface area contributed by atoms with Gasteiger partial charge in [0.2, 0.25) is 5.88 Å². The van der Waals surface area contributed by atoms with Crippen LogP contribution in [0.4, 0.5) is 5.82 Å². The van der Waals surface area contributed by atoms with Gasteiger partial charge in [0.1, 0.15) is 6.61 Å². The topological polar surface area (TPSA) is 92.6 Å². The third kappa shape index (κ3) is 4.26. The SMILES string of the molecule is CS(=O)(=O)c1ccc2c(c1)CCN(c1cncc(OCCO)n1)CC2. The zero-order valence-corrected chi connectivity index (χ0v) is 14.9. The van der Waals surface area contributed by atoms with Gasteiger partial charge in [-0.15, -0.1) is 0 Å². The monoisotopic (exact) mass is 363 g/mol. The van der Waals surface area contributed by atoms with Crippen LogP contribution in [0.2, 0.25) is 0 Å². The van der Waals surface area contributed by atoms with E-state index in [-0.39, 0.29) is 13.2 Å². The lowest BCUT2D eigenvalue weighted by atomic mass is 10.0.